The number of nitriles is 1. The number of carbonyl (C=O) groups is 1. The molecule has 0 aliphatic heterocycles. The molecule has 4 nitrogen and oxygen atoms in total. The van der Waals surface area contributed by atoms with E-state index in [1.54, 1.807) is 36.4 Å². The second-order valence-corrected chi connectivity index (χ2v) is 5.81. The molecule has 2 rings (SSSR count). The van der Waals surface area contributed by atoms with Gasteiger partial charge in [-0.05, 0) is 30.3 Å². The quantitative estimate of drug-likeness (QED) is 0.609. The molecule has 0 heterocycles. The van der Waals surface area contributed by atoms with Gasteiger partial charge in [0.05, 0.1) is 17.8 Å². The highest BCUT2D eigenvalue weighted by Gasteiger charge is 2.12. The number of halogens is 2. The number of anilines is 1. The number of methoxy groups -OCH3 is 1. The third-order valence-corrected chi connectivity index (χ3v) is 3.79. The first-order chi connectivity index (χ1) is 11.0. The molecule has 0 atom stereocenters. The summed E-state index contributed by atoms with van der Waals surface area (Å²) in [6, 6.07) is 14.1. The van der Waals surface area contributed by atoms with Gasteiger partial charge in [0.1, 0.15) is 17.4 Å². The summed E-state index contributed by atoms with van der Waals surface area (Å²) in [5.74, 6) is 0.0392. The van der Waals surface area contributed by atoms with Crippen molar-refractivity contribution in [3.63, 3.8) is 0 Å². The predicted octanol–water partition coefficient (Wildman–Crippen LogP) is 4.66. The first kappa shape index (κ1) is 17.1. The van der Waals surface area contributed by atoms with Crippen LogP contribution in [0.2, 0.25) is 5.02 Å². The lowest BCUT2D eigenvalue weighted by atomic mass is 10.1. The van der Waals surface area contributed by atoms with E-state index in [9.17, 15) is 10.1 Å². The van der Waals surface area contributed by atoms with Gasteiger partial charge in [-0.3, -0.25) is 4.79 Å². The van der Waals surface area contributed by atoms with Crippen LogP contribution in [-0.2, 0) is 4.79 Å². The molecule has 0 aliphatic rings. The average molecular weight is 392 g/mol. The maximum Gasteiger partial charge on any atom is 0.266 e. The van der Waals surface area contributed by atoms with Crippen molar-refractivity contribution in [2.24, 2.45) is 0 Å². The van der Waals surface area contributed by atoms with E-state index in [-0.39, 0.29) is 5.57 Å². The largest absolute Gasteiger partial charge is 0.496 e. The maximum atomic E-state index is 12.3. The molecular formula is C17H12BrClN2O2. The van der Waals surface area contributed by atoms with Crippen LogP contribution < -0.4 is 10.1 Å². The van der Waals surface area contributed by atoms with Gasteiger partial charge in [0, 0.05) is 10.0 Å². The fraction of sp³-hybridized carbons (Fsp3) is 0.0588. The minimum absolute atomic E-state index is 0.0477. The molecule has 0 saturated heterocycles. The van der Waals surface area contributed by atoms with Crippen molar-refractivity contribution in [3.8, 4) is 11.8 Å². The Hall–Kier alpha value is -2.29. The molecule has 6 heteroatoms. The van der Waals surface area contributed by atoms with Crippen LogP contribution >= 0.6 is 27.5 Å². The molecule has 0 unspecified atom stereocenters. The molecule has 23 heavy (non-hydrogen) atoms. The van der Waals surface area contributed by atoms with Gasteiger partial charge in [0.15, 0.2) is 0 Å². The minimum atomic E-state index is -0.539. The summed E-state index contributed by atoms with van der Waals surface area (Å²) >= 11 is 9.35. The normalized spacial score (nSPS) is 10.8. The Kier molecular flexibility index (Phi) is 5.80. The summed E-state index contributed by atoms with van der Waals surface area (Å²) in [5, 5.41) is 12.3. The van der Waals surface area contributed by atoms with Crippen molar-refractivity contribution in [1.82, 2.24) is 0 Å². The molecule has 0 aliphatic carbocycles. The summed E-state index contributed by atoms with van der Waals surface area (Å²) in [6.07, 6.45) is 1.47. The Bertz CT molecular complexity index is 812. The molecule has 1 N–H and O–H groups in total. The van der Waals surface area contributed by atoms with Crippen LogP contribution in [0.5, 0.6) is 5.75 Å². The van der Waals surface area contributed by atoms with E-state index >= 15 is 0 Å². The smallest absolute Gasteiger partial charge is 0.266 e. The van der Waals surface area contributed by atoms with Crippen molar-refractivity contribution in [2.45, 2.75) is 0 Å². The van der Waals surface area contributed by atoms with Gasteiger partial charge in [-0.15, -0.1) is 0 Å². The Morgan fingerprint density at radius 2 is 2.09 bits per heavy atom. The van der Waals surface area contributed by atoms with Crippen molar-refractivity contribution in [2.75, 3.05) is 12.4 Å². The molecule has 0 saturated carbocycles. The molecule has 0 bridgehead atoms. The second kappa shape index (κ2) is 7.82. The van der Waals surface area contributed by atoms with Gasteiger partial charge in [-0.25, -0.2) is 0 Å². The van der Waals surface area contributed by atoms with Gasteiger partial charge in [-0.1, -0.05) is 45.7 Å². The number of hydrogen-bond acceptors (Lipinski definition) is 3. The van der Waals surface area contributed by atoms with Crippen LogP contribution in [0.1, 0.15) is 5.56 Å². The van der Waals surface area contributed by atoms with E-state index in [0.29, 0.717) is 22.0 Å². The molecule has 2 aromatic carbocycles. The van der Waals surface area contributed by atoms with Crippen LogP contribution in [0.15, 0.2) is 52.5 Å². The third-order valence-electron chi connectivity index (χ3n) is 2.98. The van der Waals surface area contributed by atoms with Crippen LogP contribution in [0.3, 0.4) is 0 Å². The number of para-hydroxylation sites is 1. The fourth-order valence-electron chi connectivity index (χ4n) is 1.87. The number of carbonyl (C=O) groups excluding carboxylic acids is 1. The molecule has 116 valence electrons. The average Bonchev–Trinajstić information content (AvgIpc) is 2.55. The Morgan fingerprint density at radius 1 is 1.35 bits per heavy atom. The van der Waals surface area contributed by atoms with E-state index in [1.807, 2.05) is 12.1 Å². The van der Waals surface area contributed by atoms with Crippen LogP contribution in [0.4, 0.5) is 5.69 Å². The molecular weight excluding hydrogens is 380 g/mol. The van der Waals surface area contributed by atoms with E-state index in [1.165, 1.54) is 13.2 Å². The standard InChI is InChI=1S/C17H12BrClN2O2/c1-23-16-5-3-2-4-11(16)8-12(10-20)17(22)21-15-7-6-13(18)9-14(15)19/h2-9H,1H3,(H,21,22)/b12-8+. The van der Waals surface area contributed by atoms with Crippen molar-refractivity contribution in [1.29, 1.82) is 5.26 Å². The molecule has 2 aromatic rings. The fourth-order valence-corrected chi connectivity index (χ4v) is 2.59. The van der Waals surface area contributed by atoms with E-state index in [0.717, 1.165) is 4.47 Å². The van der Waals surface area contributed by atoms with Crippen molar-refractivity contribution < 1.29 is 9.53 Å². The number of nitrogens with zero attached hydrogens (tertiary/aromatic N) is 1. The highest BCUT2D eigenvalue weighted by atomic mass is 79.9. The first-order valence-electron chi connectivity index (χ1n) is 6.56. The number of ether oxygens (including phenoxy) is 1. The third kappa shape index (κ3) is 4.35. The Labute approximate surface area is 147 Å². The predicted molar refractivity (Wildman–Crippen MR) is 94.4 cm³/mol. The number of hydrogen-bond donors (Lipinski definition) is 1. The van der Waals surface area contributed by atoms with Gasteiger partial charge in [0.25, 0.3) is 5.91 Å². The van der Waals surface area contributed by atoms with Crippen LogP contribution in [0.25, 0.3) is 6.08 Å². The van der Waals surface area contributed by atoms with Gasteiger partial charge < -0.3 is 10.1 Å². The summed E-state index contributed by atoms with van der Waals surface area (Å²) < 4.78 is 6.01. The van der Waals surface area contributed by atoms with Crippen molar-refractivity contribution >= 4 is 45.2 Å². The zero-order valence-electron chi connectivity index (χ0n) is 12.1. The SMILES string of the molecule is COc1ccccc1/C=C(\C#N)C(=O)Nc1ccc(Br)cc1Cl. The molecule has 0 fully saturated rings. The molecule has 0 aromatic heterocycles. The van der Waals surface area contributed by atoms with Gasteiger partial charge >= 0.3 is 0 Å². The second-order valence-electron chi connectivity index (χ2n) is 4.49. The van der Waals surface area contributed by atoms with Crippen LogP contribution in [-0.4, -0.2) is 13.0 Å². The summed E-state index contributed by atoms with van der Waals surface area (Å²) in [7, 11) is 1.53. The lowest BCUT2D eigenvalue weighted by Crippen LogP contribution is -2.13. The molecule has 0 spiro atoms. The lowest BCUT2D eigenvalue weighted by molar-refractivity contribution is -0.112. The maximum absolute atomic E-state index is 12.3. The Balaban J connectivity index is 2.28. The highest BCUT2D eigenvalue weighted by Crippen LogP contribution is 2.26. The topological polar surface area (TPSA) is 62.1 Å². The monoisotopic (exact) mass is 390 g/mol. The van der Waals surface area contributed by atoms with Crippen molar-refractivity contribution in [3.05, 3.63) is 63.1 Å². The van der Waals surface area contributed by atoms with Crippen LogP contribution in [0, 0.1) is 11.3 Å². The summed E-state index contributed by atoms with van der Waals surface area (Å²) in [4.78, 5) is 12.3. The summed E-state index contributed by atoms with van der Waals surface area (Å²) in [5.41, 5.74) is 1.03. The number of amides is 1. The number of rotatable bonds is 4. The number of nitrogens with one attached hydrogen (secondary N) is 1. The van der Waals surface area contributed by atoms with E-state index < -0.39 is 5.91 Å². The zero-order valence-corrected chi connectivity index (χ0v) is 14.5. The highest BCUT2D eigenvalue weighted by molar-refractivity contribution is 9.10. The zero-order chi connectivity index (χ0) is 16.8. The molecule has 1 amide bonds. The first-order valence-corrected chi connectivity index (χ1v) is 7.73. The molecule has 0 radical (unpaired) electrons. The minimum Gasteiger partial charge on any atom is -0.496 e. The number of benzene rings is 2. The van der Waals surface area contributed by atoms with E-state index in [4.69, 9.17) is 16.3 Å². The summed E-state index contributed by atoms with van der Waals surface area (Å²) in [6.45, 7) is 0. The van der Waals surface area contributed by atoms with Gasteiger partial charge in [0.2, 0.25) is 0 Å². The Morgan fingerprint density at radius 3 is 2.74 bits per heavy atom. The van der Waals surface area contributed by atoms with Gasteiger partial charge in [-0.2, -0.15) is 5.26 Å². The van der Waals surface area contributed by atoms with E-state index in [2.05, 4.69) is 21.2 Å². The lowest BCUT2D eigenvalue weighted by Gasteiger charge is -2.08.